The van der Waals surface area contributed by atoms with E-state index in [2.05, 4.69) is 26.8 Å². The smallest absolute Gasteiger partial charge is 0.106 e. The Morgan fingerprint density at radius 3 is 2.78 bits per heavy atom. The molecule has 0 saturated carbocycles. The molecule has 0 aromatic carbocycles. The topological polar surface area (TPSA) is 56.0 Å². The molecule has 0 spiro atoms. The molecule has 1 heterocycles. The van der Waals surface area contributed by atoms with Crippen LogP contribution in [0.1, 0.15) is 38.3 Å². The van der Waals surface area contributed by atoms with Crippen molar-refractivity contribution in [3.05, 3.63) is 28.5 Å². The van der Waals surface area contributed by atoms with Crippen molar-refractivity contribution in [2.45, 2.75) is 37.4 Å². The highest BCUT2D eigenvalue weighted by Crippen LogP contribution is 2.30. The van der Waals surface area contributed by atoms with Gasteiger partial charge in [-0.3, -0.25) is 5.14 Å². The van der Waals surface area contributed by atoms with E-state index in [0.29, 0.717) is 12.8 Å². The van der Waals surface area contributed by atoms with Crippen LogP contribution in [-0.4, -0.2) is 13.9 Å². The van der Waals surface area contributed by atoms with Crippen molar-refractivity contribution in [2.75, 3.05) is 0 Å². The summed E-state index contributed by atoms with van der Waals surface area (Å²) in [5.74, 6) is 2.72. The molecule has 5 heteroatoms. The average Bonchev–Trinajstić information content (AvgIpc) is 2.28. The quantitative estimate of drug-likeness (QED) is 0.667. The van der Waals surface area contributed by atoms with Gasteiger partial charge in [0.1, 0.15) is 4.60 Å². The fraction of sp³-hybridized carbons (Fsp3) is 0.462. The molecule has 0 fully saturated rings. The number of hydrogen-bond acceptors (Lipinski definition) is 2. The second kappa shape index (κ2) is 6.46. The van der Waals surface area contributed by atoms with Gasteiger partial charge in [-0.25, -0.2) is 9.19 Å². The van der Waals surface area contributed by atoms with E-state index in [0.717, 1.165) is 10.3 Å². The van der Waals surface area contributed by atoms with Crippen molar-refractivity contribution in [3.63, 3.8) is 0 Å². The molecule has 98 valence electrons. The molecule has 0 bridgehead atoms. The molecule has 1 aromatic rings. The largest absolute Gasteiger partial charge is 0.251 e. The minimum atomic E-state index is -1.39. The van der Waals surface area contributed by atoms with Crippen LogP contribution in [0.5, 0.6) is 0 Å². The Kier molecular flexibility index (Phi) is 5.51. The van der Waals surface area contributed by atoms with Crippen LogP contribution in [0, 0.1) is 12.3 Å². The molecule has 0 amide bonds. The van der Waals surface area contributed by atoms with Crippen molar-refractivity contribution in [1.82, 2.24) is 4.98 Å². The summed E-state index contributed by atoms with van der Waals surface area (Å²) in [6, 6.07) is 5.72. The molecular formula is C13H17BrN2OS. The minimum absolute atomic E-state index is 0.0648. The van der Waals surface area contributed by atoms with E-state index in [9.17, 15) is 4.21 Å². The maximum absolute atomic E-state index is 11.5. The first-order chi connectivity index (χ1) is 8.36. The van der Waals surface area contributed by atoms with Gasteiger partial charge < -0.3 is 0 Å². The number of aromatic nitrogens is 1. The third-order valence-corrected chi connectivity index (χ3v) is 4.50. The van der Waals surface area contributed by atoms with Crippen LogP contribution in [0.3, 0.4) is 0 Å². The molecule has 1 rings (SSSR count). The third-order valence-electron chi connectivity index (χ3n) is 2.80. The summed E-state index contributed by atoms with van der Waals surface area (Å²) in [5.41, 5.74) is 0.904. The molecule has 0 radical (unpaired) electrons. The molecule has 1 unspecified atom stereocenters. The lowest BCUT2D eigenvalue weighted by Crippen LogP contribution is -2.33. The van der Waals surface area contributed by atoms with Gasteiger partial charge in [0.05, 0.1) is 15.7 Å². The number of terminal acetylenes is 1. The first-order valence-electron chi connectivity index (χ1n) is 5.59. The van der Waals surface area contributed by atoms with Gasteiger partial charge in [0.25, 0.3) is 0 Å². The van der Waals surface area contributed by atoms with Crippen LogP contribution >= 0.6 is 15.9 Å². The zero-order valence-electron chi connectivity index (χ0n) is 10.5. The predicted molar refractivity (Wildman–Crippen MR) is 79.2 cm³/mol. The maximum atomic E-state index is 11.5. The van der Waals surface area contributed by atoms with Gasteiger partial charge in [-0.1, -0.05) is 6.07 Å². The highest BCUT2D eigenvalue weighted by Gasteiger charge is 2.29. The van der Waals surface area contributed by atoms with E-state index in [-0.39, 0.29) is 5.92 Å². The number of halogens is 1. The van der Waals surface area contributed by atoms with Crippen LogP contribution in [0.4, 0.5) is 0 Å². The highest BCUT2D eigenvalue weighted by molar-refractivity contribution is 9.10. The second-order valence-electron chi connectivity index (χ2n) is 4.75. The number of hydrogen-bond donors (Lipinski definition) is 1. The first-order valence-corrected chi connectivity index (χ1v) is 7.59. The Morgan fingerprint density at radius 2 is 2.28 bits per heavy atom. The lowest BCUT2D eigenvalue weighted by Gasteiger charge is -2.26. The highest BCUT2D eigenvalue weighted by atomic mass is 79.9. The maximum Gasteiger partial charge on any atom is 0.106 e. The normalized spacial score (nSPS) is 14.8. The van der Waals surface area contributed by atoms with Crippen LogP contribution in [-0.2, 0) is 11.0 Å². The Morgan fingerprint density at radius 1 is 1.61 bits per heavy atom. The minimum Gasteiger partial charge on any atom is -0.251 e. The molecule has 2 atom stereocenters. The molecule has 18 heavy (non-hydrogen) atoms. The van der Waals surface area contributed by atoms with Crippen molar-refractivity contribution in [3.8, 4) is 12.3 Å². The van der Waals surface area contributed by atoms with E-state index >= 15 is 0 Å². The molecule has 0 aliphatic carbocycles. The molecule has 0 saturated heterocycles. The van der Waals surface area contributed by atoms with Gasteiger partial charge in [-0.2, -0.15) is 0 Å². The van der Waals surface area contributed by atoms with Gasteiger partial charge in [-0.05, 0) is 48.3 Å². The van der Waals surface area contributed by atoms with Crippen molar-refractivity contribution in [2.24, 2.45) is 5.14 Å². The van der Waals surface area contributed by atoms with Gasteiger partial charge in [0.2, 0.25) is 0 Å². The number of rotatable bonds is 5. The Balaban J connectivity index is 2.97. The van der Waals surface area contributed by atoms with Gasteiger partial charge in [-0.15, -0.1) is 12.3 Å². The number of pyridine rings is 1. The predicted octanol–water partition coefficient (Wildman–Crippen LogP) is 2.74. The summed E-state index contributed by atoms with van der Waals surface area (Å²) >= 11 is 3.34. The molecule has 0 aliphatic heterocycles. The summed E-state index contributed by atoms with van der Waals surface area (Å²) in [7, 11) is -1.39. The van der Waals surface area contributed by atoms with Gasteiger partial charge in [0, 0.05) is 18.0 Å². The monoisotopic (exact) mass is 328 g/mol. The van der Waals surface area contributed by atoms with E-state index in [4.69, 9.17) is 11.6 Å². The summed E-state index contributed by atoms with van der Waals surface area (Å²) in [4.78, 5) is 4.42. The van der Waals surface area contributed by atoms with Crippen LogP contribution in [0.25, 0.3) is 0 Å². The van der Waals surface area contributed by atoms with Gasteiger partial charge in [0.15, 0.2) is 0 Å². The van der Waals surface area contributed by atoms with Crippen molar-refractivity contribution < 1.29 is 4.21 Å². The second-order valence-corrected chi connectivity index (χ2v) is 7.26. The molecule has 1 aromatic heterocycles. The van der Waals surface area contributed by atoms with Crippen molar-refractivity contribution >= 4 is 26.9 Å². The number of nitrogens with two attached hydrogens (primary N) is 1. The van der Waals surface area contributed by atoms with Crippen LogP contribution < -0.4 is 5.14 Å². The Hall–Kier alpha value is -0.700. The Bertz CT molecular complexity index is 482. The fourth-order valence-corrected chi connectivity index (χ4v) is 2.47. The zero-order chi connectivity index (χ0) is 13.8. The molecule has 3 nitrogen and oxygen atoms in total. The third kappa shape index (κ3) is 4.20. The fourth-order valence-electron chi connectivity index (χ4n) is 1.75. The van der Waals surface area contributed by atoms with E-state index in [1.807, 2.05) is 32.0 Å². The molecule has 0 aliphatic rings. The molecule has 2 N–H and O–H groups in total. The summed E-state index contributed by atoms with van der Waals surface area (Å²) in [6.07, 6.45) is 6.61. The first kappa shape index (κ1) is 15.4. The van der Waals surface area contributed by atoms with E-state index in [1.165, 1.54) is 0 Å². The standard InChI is InChI=1S/C13H17BrN2OS/c1-4-6-10(9-13(2,3)18(15)17)11-7-5-8-12(14)16-11/h1,5,7-8,10H,6,9,15H2,2-3H3/t10-,18?/m0/s1. The number of nitrogens with zero attached hydrogens (tertiary/aromatic N) is 1. The SMILES string of the molecule is C#CC[C@@H](CC(C)(C)S(N)=O)c1cccc(Br)n1. The summed E-state index contributed by atoms with van der Waals surface area (Å²) < 4.78 is 11.8. The lowest BCUT2D eigenvalue weighted by atomic mass is 9.90. The van der Waals surface area contributed by atoms with E-state index < -0.39 is 15.7 Å². The van der Waals surface area contributed by atoms with Gasteiger partial charge >= 0.3 is 0 Å². The van der Waals surface area contributed by atoms with Crippen LogP contribution in [0.15, 0.2) is 22.8 Å². The Labute approximate surface area is 119 Å². The lowest BCUT2D eigenvalue weighted by molar-refractivity contribution is 0.515. The van der Waals surface area contributed by atoms with Crippen molar-refractivity contribution in [1.29, 1.82) is 0 Å². The summed E-state index contributed by atoms with van der Waals surface area (Å²) in [6.45, 7) is 3.76. The molecular weight excluding hydrogens is 312 g/mol. The summed E-state index contributed by atoms with van der Waals surface area (Å²) in [5, 5.41) is 5.51. The zero-order valence-corrected chi connectivity index (χ0v) is 12.9. The van der Waals surface area contributed by atoms with E-state index in [1.54, 1.807) is 0 Å². The average molecular weight is 329 g/mol. The van der Waals surface area contributed by atoms with Crippen LogP contribution in [0.2, 0.25) is 0 Å².